The summed E-state index contributed by atoms with van der Waals surface area (Å²) in [5, 5.41) is 8.40. The molecule has 0 unspecified atom stereocenters. The molecule has 0 aliphatic heterocycles. The predicted molar refractivity (Wildman–Crippen MR) is 77.7 cm³/mol. The van der Waals surface area contributed by atoms with Gasteiger partial charge in [-0.25, -0.2) is 0 Å². The molecule has 0 saturated heterocycles. The average molecular weight is 250 g/mol. The Morgan fingerprint density at radius 1 is 0.889 bits per heavy atom. The lowest BCUT2D eigenvalue weighted by atomic mass is 10.1. The first kappa shape index (κ1) is 16.7. The molecule has 18 heavy (non-hydrogen) atoms. The average Bonchev–Trinajstić information content (AvgIpc) is 2.34. The van der Waals surface area contributed by atoms with Gasteiger partial charge in [0.1, 0.15) is 0 Å². The summed E-state index contributed by atoms with van der Waals surface area (Å²) in [6.45, 7) is 2.24. The SMILES string of the molecule is CCCCCCCCC=CC=C/C=C\CC(=O)O. The van der Waals surface area contributed by atoms with Gasteiger partial charge in [-0.15, -0.1) is 0 Å². The van der Waals surface area contributed by atoms with Gasteiger partial charge in [-0.05, 0) is 12.8 Å². The van der Waals surface area contributed by atoms with Crippen LogP contribution >= 0.6 is 0 Å². The van der Waals surface area contributed by atoms with Crippen molar-refractivity contribution in [3.05, 3.63) is 36.5 Å². The maximum Gasteiger partial charge on any atom is 0.307 e. The zero-order valence-corrected chi connectivity index (χ0v) is 11.5. The van der Waals surface area contributed by atoms with E-state index in [0.717, 1.165) is 6.42 Å². The van der Waals surface area contributed by atoms with Crippen LogP contribution in [0.1, 0.15) is 58.3 Å². The van der Waals surface area contributed by atoms with Gasteiger partial charge < -0.3 is 5.11 Å². The van der Waals surface area contributed by atoms with E-state index in [2.05, 4.69) is 13.0 Å². The minimum Gasteiger partial charge on any atom is -0.481 e. The normalized spacial score (nSPS) is 12.1. The molecule has 0 spiro atoms. The number of carboxylic acid groups (broad SMARTS) is 1. The predicted octanol–water partition coefficient (Wildman–Crippen LogP) is 4.88. The van der Waals surface area contributed by atoms with Crippen LogP contribution in [0.5, 0.6) is 0 Å². The number of carbonyl (C=O) groups is 1. The first-order valence-electron chi connectivity index (χ1n) is 6.97. The lowest BCUT2D eigenvalue weighted by Gasteiger charge is -1.97. The van der Waals surface area contributed by atoms with Crippen LogP contribution in [-0.4, -0.2) is 11.1 Å². The Balaban J connectivity index is 3.34. The lowest BCUT2D eigenvalue weighted by molar-refractivity contribution is -0.135. The maximum atomic E-state index is 10.2. The van der Waals surface area contributed by atoms with Crippen LogP contribution < -0.4 is 0 Å². The molecule has 0 fully saturated rings. The molecule has 1 N–H and O–H groups in total. The van der Waals surface area contributed by atoms with Gasteiger partial charge in [0.15, 0.2) is 0 Å². The van der Waals surface area contributed by atoms with E-state index in [9.17, 15) is 4.79 Å². The van der Waals surface area contributed by atoms with Crippen molar-refractivity contribution in [1.82, 2.24) is 0 Å². The molecule has 0 aromatic rings. The molecule has 0 aromatic carbocycles. The van der Waals surface area contributed by atoms with E-state index in [1.165, 1.54) is 38.5 Å². The molecule has 0 rings (SSSR count). The fourth-order valence-corrected chi connectivity index (χ4v) is 1.59. The standard InChI is InChI=1S/C16H26O2/c1-2-3-4-5-6-7-8-9-10-11-12-13-14-15-16(17)18/h9-14H,2-8,15H2,1H3,(H,17,18)/b10-9?,12-11?,14-13-. The summed E-state index contributed by atoms with van der Waals surface area (Å²) >= 11 is 0. The Bertz CT molecular complexity index is 275. The Labute approximate surface area is 111 Å². The van der Waals surface area contributed by atoms with E-state index >= 15 is 0 Å². The molecule has 0 aromatic heterocycles. The van der Waals surface area contributed by atoms with Gasteiger partial charge in [0.2, 0.25) is 0 Å². The summed E-state index contributed by atoms with van der Waals surface area (Å²) in [7, 11) is 0. The molecular formula is C16H26O2. The first-order chi connectivity index (χ1) is 8.77. The molecular weight excluding hydrogens is 224 g/mol. The molecule has 0 saturated carbocycles. The summed E-state index contributed by atoms with van der Waals surface area (Å²) in [6, 6.07) is 0. The Hall–Kier alpha value is -1.31. The topological polar surface area (TPSA) is 37.3 Å². The van der Waals surface area contributed by atoms with Crippen molar-refractivity contribution in [2.45, 2.75) is 58.3 Å². The van der Waals surface area contributed by atoms with E-state index in [4.69, 9.17) is 5.11 Å². The molecule has 0 amide bonds. The number of carboxylic acids is 1. The second kappa shape index (κ2) is 13.8. The monoisotopic (exact) mass is 250 g/mol. The number of aliphatic carboxylic acids is 1. The number of allylic oxidation sites excluding steroid dienone is 5. The van der Waals surface area contributed by atoms with Gasteiger partial charge in [-0.2, -0.15) is 0 Å². The highest BCUT2D eigenvalue weighted by atomic mass is 16.4. The molecule has 0 radical (unpaired) electrons. The highest BCUT2D eigenvalue weighted by Gasteiger charge is 1.87. The Morgan fingerprint density at radius 3 is 2.17 bits per heavy atom. The first-order valence-corrected chi connectivity index (χ1v) is 6.97. The summed E-state index contributed by atoms with van der Waals surface area (Å²) in [4.78, 5) is 10.2. The number of hydrogen-bond donors (Lipinski definition) is 1. The van der Waals surface area contributed by atoms with Gasteiger partial charge in [0.05, 0.1) is 6.42 Å². The molecule has 0 aliphatic rings. The van der Waals surface area contributed by atoms with Crippen molar-refractivity contribution in [2.24, 2.45) is 0 Å². The zero-order valence-electron chi connectivity index (χ0n) is 11.5. The third-order valence-corrected chi connectivity index (χ3v) is 2.62. The minimum absolute atomic E-state index is 0.0891. The fraction of sp³-hybridized carbons (Fsp3) is 0.562. The van der Waals surface area contributed by atoms with Crippen LogP contribution in [0.15, 0.2) is 36.5 Å². The maximum absolute atomic E-state index is 10.2. The van der Waals surface area contributed by atoms with Crippen LogP contribution in [0.3, 0.4) is 0 Å². The quantitative estimate of drug-likeness (QED) is 0.419. The summed E-state index contributed by atoms with van der Waals surface area (Å²) in [6.07, 6.45) is 20.6. The highest BCUT2D eigenvalue weighted by molar-refractivity contribution is 5.68. The zero-order chi connectivity index (χ0) is 13.5. The van der Waals surface area contributed by atoms with E-state index in [0.29, 0.717) is 0 Å². The molecule has 102 valence electrons. The van der Waals surface area contributed by atoms with Crippen LogP contribution in [0, 0.1) is 0 Å². The number of hydrogen-bond acceptors (Lipinski definition) is 1. The van der Waals surface area contributed by atoms with Crippen molar-refractivity contribution in [1.29, 1.82) is 0 Å². The van der Waals surface area contributed by atoms with Crippen molar-refractivity contribution in [3.8, 4) is 0 Å². The molecule has 0 heterocycles. The third kappa shape index (κ3) is 14.7. The van der Waals surface area contributed by atoms with Crippen molar-refractivity contribution >= 4 is 5.97 Å². The second-order valence-corrected chi connectivity index (χ2v) is 4.40. The van der Waals surface area contributed by atoms with Gasteiger partial charge in [-0.3, -0.25) is 4.79 Å². The van der Waals surface area contributed by atoms with Crippen LogP contribution in [0.25, 0.3) is 0 Å². The molecule has 0 atom stereocenters. The largest absolute Gasteiger partial charge is 0.481 e. The number of rotatable bonds is 11. The van der Waals surface area contributed by atoms with Gasteiger partial charge in [0, 0.05) is 0 Å². The molecule has 2 nitrogen and oxygen atoms in total. The van der Waals surface area contributed by atoms with Crippen LogP contribution in [0.4, 0.5) is 0 Å². The minimum atomic E-state index is -0.793. The summed E-state index contributed by atoms with van der Waals surface area (Å²) in [5.74, 6) is -0.793. The molecule has 0 aliphatic carbocycles. The van der Waals surface area contributed by atoms with Gasteiger partial charge >= 0.3 is 5.97 Å². The smallest absolute Gasteiger partial charge is 0.307 e. The van der Waals surface area contributed by atoms with E-state index in [1.54, 1.807) is 12.2 Å². The van der Waals surface area contributed by atoms with Crippen molar-refractivity contribution < 1.29 is 9.90 Å². The molecule has 0 bridgehead atoms. The second-order valence-electron chi connectivity index (χ2n) is 4.40. The van der Waals surface area contributed by atoms with Crippen LogP contribution in [-0.2, 0) is 4.79 Å². The van der Waals surface area contributed by atoms with E-state index in [1.807, 2.05) is 18.2 Å². The lowest BCUT2D eigenvalue weighted by Crippen LogP contribution is -1.89. The fourth-order valence-electron chi connectivity index (χ4n) is 1.59. The van der Waals surface area contributed by atoms with Crippen molar-refractivity contribution in [2.75, 3.05) is 0 Å². The highest BCUT2D eigenvalue weighted by Crippen LogP contribution is 2.07. The summed E-state index contributed by atoms with van der Waals surface area (Å²) in [5.41, 5.74) is 0. The van der Waals surface area contributed by atoms with E-state index in [-0.39, 0.29) is 6.42 Å². The Kier molecular flexibility index (Phi) is 12.8. The van der Waals surface area contributed by atoms with Gasteiger partial charge in [0.25, 0.3) is 0 Å². The van der Waals surface area contributed by atoms with Crippen molar-refractivity contribution in [3.63, 3.8) is 0 Å². The number of unbranched alkanes of at least 4 members (excludes halogenated alkanes) is 6. The van der Waals surface area contributed by atoms with E-state index < -0.39 is 5.97 Å². The molecule has 2 heteroatoms. The third-order valence-electron chi connectivity index (χ3n) is 2.62. The van der Waals surface area contributed by atoms with Crippen LogP contribution in [0.2, 0.25) is 0 Å². The van der Waals surface area contributed by atoms with Gasteiger partial charge in [-0.1, -0.05) is 75.5 Å². The Morgan fingerprint density at radius 2 is 1.50 bits per heavy atom. The summed E-state index contributed by atoms with van der Waals surface area (Å²) < 4.78 is 0.